The quantitative estimate of drug-likeness (QED) is 0.841. The van der Waals surface area contributed by atoms with Gasteiger partial charge in [0.15, 0.2) is 0 Å². The highest BCUT2D eigenvalue weighted by Gasteiger charge is 2.17. The lowest BCUT2D eigenvalue weighted by molar-refractivity contribution is 0.0774. The van der Waals surface area contributed by atoms with Crippen LogP contribution in [0.5, 0.6) is 0 Å². The Bertz CT molecular complexity index is 602. The van der Waals surface area contributed by atoms with Gasteiger partial charge in [-0.05, 0) is 28.4 Å². The smallest absolute Gasteiger partial charge is 0.270 e. The molecule has 2 aromatic rings. The molecule has 0 aromatic carbocycles. The Balaban J connectivity index is 2.13. The lowest BCUT2D eigenvalue weighted by Crippen LogP contribution is -2.28. The van der Waals surface area contributed by atoms with E-state index in [4.69, 9.17) is 0 Å². The van der Waals surface area contributed by atoms with Crippen molar-refractivity contribution in [1.29, 1.82) is 0 Å². The van der Waals surface area contributed by atoms with Crippen LogP contribution >= 0.6 is 15.9 Å². The van der Waals surface area contributed by atoms with Gasteiger partial charge in [0.05, 0.1) is 6.20 Å². The molecule has 0 saturated carbocycles. The molecule has 0 saturated heterocycles. The number of carbonyl (C=O) groups is 1. The Kier molecular flexibility index (Phi) is 4.65. The highest BCUT2D eigenvalue weighted by Crippen LogP contribution is 2.17. The first-order valence-corrected chi connectivity index (χ1v) is 7.39. The average molecular weight is 339 g/mol. The van der Waals surface area contributed by atoms with Crippen LogP contribution in [0.2, 0.25) is 0 Å². The number of hydrogen-bond donors (Lipinski definition) is 0. The fraction of sp³-hybridized carbons (Fsp3) is 0.429. The SMILES string of the molecule is CCCn1cc(Br)cc1C(=O)N(C)Cc1cnn(C)c1. The van der Waals surface area contributed by atoms with Gasteiger partial charge in [0.1, 0.15) is 5.69 Å². The molecule has 2 rings (SSSR count). The number of hydrogen-bond acceptors (Lipinski definition) is 2. The third kappa shape index (κ3) is 3.30. The maximum atomic E-state index is 12.5. The fourth-order valence-electron chi connectivity index (χ4n) is 2.17. The Labute approximate surface area is 127 Å². The molecule has 0 spiro atoms. The summed E-state index contributed by atoms with van der Waals surface area (Å²) in [5.74, 6) is 0.0213. The second-order valence-electron chi connectivity index (χ2n) is 4.92. The first-order valence-electron chi connectivity index (χ1n) is 6.60. The summed E-state index contributed by atoms with van der Waals surface area (Å²) in [7, 11) is 3.68. The monoisotopic (exact) mass is 338 g/mol. The number of aryl methyl sites for hydroxylation is 2. The molecule has 0 fully saturated rings. The normalized spacial score (nSPS) is 10.8. The number of amides is 1. The number of rotatable bonds is 5. The zero-order chi connectivity index (χ0) is 14.7. The van der Waals surface area contributed by atoms with Crippen molar-refractivity contribution in [3.8, 4) is 0 Å². The molecule has 0 aliphatic rings. The summed E-state index contributed by atoms with van der Waals surface area (Å²) in [6.45, 7) is 3.50. The van der Waals surface area contributed by atoms with Gasteiger partial charge in [0.25, 0.3) is 5.91 Å². The molecule has 1 amide bonds. The van der Waals surface area contributed by atoms with Gasteiger partial charge in [0, 0.05) is 49.6 Å². The molecule has 0 bridgehead atoms. The molecule has 0 aliphatic heterocycles. The molecule has 20 heavy (non-hydrogen) atoms. The third-order valence-electron chi connectivity index (χ3n) is 3.07. The van der Waals surface area contributed by atoms with Crippen molar-refractivity contribution in [2.75, 3.05) is 7.05 Å². The molecule has 0 unspecified atom stereocenters. The van der Waals surface area contributed by atoms with Crippen LogP contribution in [-0.4, -0.2) is 32.2 Å². The van der Waals surface area contributed by atoms with E-state index in [1.165, 1.54) is 0 Å². The van der Waals surface area contributed by atoms with Gasteiger partial charge in [-0.15, -0.1) is 0 Å². The minimum absolute atomic E-state index is 0.0213. The van der Waals surface area contributed by atoms with Gasteiger partial charge < -0.3 is 9.47 Å². The molecule has 108 valence electrons. The van der Waals surface area contributed by atoms with E-state index in [-0.39, 0.29) is 5.91 Å². The van der Waals surface area contributed by atoms with Crippen molar-refractivity contribution < 1.29 is 4.79 Å². The van der Waals surface area contributed by atoms with E-state index in [1.807, 2.05) is 37.1 Å². The molecule has 2 heterocycles. The molecular formula is C14H19BrN4O. The van der Waals surface area contributed by atoms with Gasteiger partial charge in [-0.3, -0.25) is 9.48 Å². The zero-order valence-electron chi connectivity index (χ0n) is 12.0. The molecular weight excluding hydrogens is 320 g/mol. The minimum atomic E-state index is 0.0213. The van der Waals surface area contributed by atoms with Gasteiger partial charge in [-0.25, -0.2) is 0 Å². The first-order chi connectivity index (χ1) is 9.51. The second-order valence-corrected chi connectivity index (χ2v) is 5.84. The Morgan fingerprint density at radius 1 is 1.45 bits per heavy atom. The molecule has 0 atom stereocenters. The van der Waals surface area contributed by atoms with Crippen molar-refractivity contribution in [2.45, 2.75) is 26.4 Å². The highest BCUT2D eigenvalue weighted by atomic mass is 79.9. The second kappa shape index (κ2) is 6.26. The van der Waals surface area contributed by atoms with E-state index in [9.17, 15) is 4.79 Å². The average Bonchev–Trinajstić information content (AvgIpc) is 2.95. The molecule has 0 radical (unpaired) electrons. The van der Waals surface area contributed by atoms with Gasteiger partial charge in [-0.2, -0.15) is 5.10 Å². The van der Waals surface area contributed by atoms with E-state index in [0.717, 1.165) is 23.0 Å². The number of halogens is 1. The molecule has 6 heteroatoms. The minimum Gasteiger partial charge on any atom is -0.342 e. The topological polar surface area (TPSA) is 43.1 Å². The lowest BCUT2D eigenvalue weighted by atomic mass is 10.3. The van der Waals surface area contributed by atoms with Crippen LogP contribution in [0.4, 0.5) is 0 Å². The van der Waals surface area contributed by atoms with Crippen LogP contribution in [-0.2, 0) is 20.1 Å². The summed E-state index contributed by atoms with van der Waals surface area (Å²) in [6, 6.07) is 1.87. The van der Waals surface area contributed by atoms with E-state index in [1.54, 1.807) is 15.8 Å². The summed E-state index contributed by atoms with van der Waals surface area (Å²) in [6.07, 6.45) is 6.65. The maximum absolute atomic E-state index is 12.5. The summed E-state index contributed by atoms with van der Waals surface area (Å²) in [5.41, 5.74) is 1.74. The van der Waals surface area contributed by atoms with Gasteiger partial charge in [0.2, 0.25) is 0 Å². The fourth-order valence-corrected chi connectivity index (χ4v) is 2.64. The highest BCUT2D eigenvalue weighted by molar-refractivity contribution is 9.10. The van der Waals surface area contributed by atoms with E-state index >= 15 is 0 Å². The van der Waals surface area contributed by atoms with E-state index in [2.05, 4.69) is 28.0 Å². The number of aromatic nitrogens is 3. The van der Waals surface area contributed by atoms with Crippen LogP contribution in [0, 0.1) is 0 Å². The van der Waals surface area contributed by atoms with Crippen molar-refractivity contribution in [1.82, 2.24) is 19.2 Å². The van der Waals surface area contributed by atoms with E-state index < -0.39 is 0 Å². The molecule has 5 nitrogen and oxygen atoms in total. The van der Waals surface area contributed by atoms with Gasteiger partial charge in [-0.1, -0.05) is 6.92 Å². The van der Waals surface area contributed by atoms with Crippen LogP contribution in [0.3, 0.4) is 0 Å². The van der Waals surface area contributed by atoms with E-state index in [0.29, 0.717) is 12.2 Å². The predicted molar refractivity (Wildman–Crippen MR) is 81.4 cm³/mol. The zero-order valence-corrected chi connectivity index (χ0v) is 13.6. The summed E-state index contributed by atoms with van der Waals surface area (Å²) in [5, 5.41) is 4.12. The van der Waals surface area contributed by atoms with Crippen molar-refractivity contribution >= 4 is 21.8 Å². The van der Waals surface area contributed by atoms with Crippen LogP contribution in [0.1, 0.15) is 29.4 Å². The van der Waals surface area contributed by atoms with Crippen LogP contribution in [0.25, 0.3) is 0 Å². The molecule has 0 aliphatic carbocycles. The number of nitrogens with zero attached hydrogens (tertiary/aromatic N) is 4. The third-order valence-corrected chi connectivity index (χ3v) is 3.51. The largest absolute Gasteiger partial charge is 0.342 e. The van der Waals surface area contributed by atoms with Crippen LogP contribution in [0.15, 0.2) is 29.1 Å². The predicted octanol–water partition coefficient (Wildman–Crippen LogP) is 2.67. The standard InChI is InChI=1S/C14H19BrN4O/c1-4-5-19-10-12(15)6-13(19)14(20)17(2)8-11-7-16-18(3)9-11/h6-7,9-10H,4-5,8H2,1-3H3. The molecule has 0 N–H and O–H groups in total. The van der Waals surface area contributed by atoms with Crippen molar-refractivity contribution in [2.24, 2.45) is 7.05 Å². The van der Waals surface area contributed by atoms with Crippen molar-refractivity contribution in [3.63, 3.8) is 0 Å². The first kappa shape index (κ1) is 14.8. The van der Waals surface area contributed by atoms with Crippen LogP contribution < -0.4 is 0 Å². The Hall–Kier alpha value is -1.56. The van der Waals surface area contributed by atoms with Gasteiger partial charge >= 0.3 is 0 Å². The Morgan fingerprint density at radius 2 is 2.20 bits per heavy atom. The summed E-state index contributed by atoms with van der Waals surface area (Å²) in [4.78, 5) is 14.2. The lowest BCUT2D eigenvalue weighted by Gasteiger charge is -2.17. The Morgan fingerprint density at radius 3 is 2.80 bits per heavy atom. The number of carbonyl (C=O) groups excluding carboxylic acids is 1. The van der Waals surface area contributed by atoms with Crippen molar-refractivity contribution in [3.05, 3.63) is 40.4 Å². The molecule has 2 aromatic heterocycles. The maximum Gasteiger partial charge on any atom is 0.270 e. The summed E-state index contributed by atoms with van der Waals surface area (Å²) >= 11 is 3.44. The summed E-state index contributed by atoms with van der Waals surface area (Å²) < 4.78 is 4.67.